The highest BCUT2D eigenvalue weighted by Crippen LogP contribution is 2.08. The SMILES string of the molecule is CC(C)CCCOCc1ccc(Br)cn1. The second-order valence-electron chi connectivity index (χ2n) is 4.06. The highest BCUT2D eigenvalue weighted by molar-refractivity contribution is 9.10. The first-order valence-electron chi connectivity index (χ1n) is 5.36. The van der Waals surface area contributed by atoms with Crippen molar-refractivity contribution >= 4 is 15.9 Å². The lowest BCUT2D eigenvalue weighted by atomic mass is 10.1. The molecule has 0 aromatic carbocycles. The molecule has 1 rings (SSSR count). The van der Waals surface area contributed by atoms with E-state index in [2.05, 4.69) is 34.8 Å². The van der Waals surface area contributed by atoms with E-state index in [1.54, 1.807) is 6.20 Å². The first-order chi connectivity index (χ1) is 7.18. The summed E-state index contributed by atoms with van der Waals surface area (Å²) in [6, 6.07) is 3.96. The van der Waals surface area contributed by atoms with Crippen molar-refractivity contribution in [3.05, 3.63) is 28.5 Å². The lowest BCUT2D eigenvalue weighted by Gasteiger charge is -2.05. The first kappa shape index (κ1) is 12.7. The minimum Gasteiger partial charge on any atom is -0.375 e. The van der Waals surface area contributed by atoms with Crippen LogP contribution >= 0.6 is 15.9 Å². The van der Waals surface area contributed by atoms with Crippen LogP contribution < -0.4 is 0 Å². The fourth-order valence-electron chi connectivity index (χ4n) is 1.26. The Hall–Kier alpha value is -0.410. The summed E-state index contributed by atoms with van der Waals surface area (Å²) in [7, 11) is 0. The molecule has 0 N–H and O–H groups in total. The van der Waals surface area contributed by atoms with E-state index in [9.17, 15) is 0 Å². The number of hydrogen-bond acceptors (Lipinski definition) is 2. The summed E-state index contributed by atoms with van der Waals surface area (Å²) in [6.45, 7) is 5.91. The van der Waals surface area contributed by atoms with Gasteiger partial charge >= 0.3 is 0 Å². The predicted octanol–water partition coefficient (Wildman–Crippen LogP) is 3.80. The normalized spacial score (nSPS) is 10.9. The number of ether oxygens (including phenoxy) is 1. The van der Waals surface area contributed by atoms with Crippen LogP contribution in [0, 0.1) is 5.92 Å². The van der Waals surface area contributed by atoms with Crippen LogP contribution in [0.1, 0.15) is 32.4 Å². The van der Waals surface area contributed by atoms with Crippen molar-refractivity contribution in [1.29, 1.82) is 0 Å². The maximum atomic E-state index is 5.53. The van der Waals surface area contributed by atoms with Gasteiger partial charge in [-0.15, -0.1) is 0 Å². The third-order valence-corrected chi connectivity index (χ3v) is 2.58. The number of hydrogen-bond donors (Lipinski definition) is 0. The maximum absolute atomic E-state index is 5.53. The van der Waals surface area contributed by atoms with Gasteiger partial charge in [-0.1, -0.05) is 13.8 Å². The van der Waals surface area contributed by atoms with Gasteiger partial charge in [0.15, 0.2) is 0 Å². The molecule has 0 saturated heterocycles. The molecule has 0 saturated carbocycles. The molecule has 0 aliphatic rings. The van der Waals surface area contributed by atoms with Gasteiger partial charge in [-0.3, -0.25) is 4.98 Å². The fourth-order valence-corrected chi connectivity index (χ4v) is 1.50. The van der Waals surface area contributed by atoms with Crippen LogP contribution in [0.15, 0.2) is 22.8 Å². The van der Waals surface area contributed by atoms with E-state index in [0.717, 1.165) is 29.1 Å². The molecule has 1 heterocycles. The molecule has 0 unspecified atom stereocenters. The zero-order valence-electron chi connectivity index (χ0n) is 9.37. The van der Waals surface area contributed by atoms with E-state index in [1.807, 2.05) is 12.1 Å². The Bertz CT molecular complexity index is 271. The van der Waals surface area contributed by atoms with Gasteiger partial charge < -0.3 is 4.74 Å². The number of halogens is 1. The van der Waals surface area contributed by atoms with Crippen molar-refractivity contribution in [2.24, 2.45) is 5.92 Å². The van der Waals surface area contributed by atoms with Gasteiger partial charge in [0, 0.05) is 17.3 Å². The van der Waals surface area contributed by atoms with Crippen LogP contribution in [0.25, 0.3) is 0 Å². The lowest BCUT2D eigenvalue weighted by Crippen LogP contribution is -1.99. The molecule has 1 aromatic heterocycles. The second kappa shape index (κ2) is 6.96. The van der Waals surface area contributed by atoms with E-state index >= 15 is 0 Å². The van der Waals surface area contributed by atoms with E-state index in [1.165, 1.54) is 6.42 Å². The van der Waals surface area contributed by atoms with Crippen LogP contribution in [-0.2, 0) is 11.3 Å². The Labute approximate surface area is 100 Å². The summed E-state index contributed by atoms with van der Waals surface area (Å²) < 4.78 is 6.54. The van der Waals surface area contributed by atoms with Crippen LogP contribution in [0.3, 0.4) is 0 Å². The van der Waals surface area contributed by atoms with Crippen LogP contribution in [0.5, 0.6) is 0 Å². The van der Waals surface area contributed by atoms with Gasteiger partial charge in [-0.25, -0.2) is 0 Å². The third kappa shape index (κ3) is 5.90. The molecule has 0 amide bonds. The van der Waals surface area contributed by atoms with Crippen molar-refractivity contribution < 1.29 is 4.74 Å². The van der Waals surface area contributed by atoms with Crippen molar-refractivity contribution in [3.63, 3.8) is 0 Å². The molecule has 0 atom stereocenters. The van der Waals surface area contributed by atoms with Crippen molar-refractivity contribution in [2.75, 3.05) is 6.61 Å². The van der Waals surface area contributed by atoms with Gasteiger partial charge in [0.05, 0.1) is 12.3 Å². The minimum absolute atomic E-state index is 0.616. The quantitative estimate of drug-likeness (QED) is 0.735. The number of pyridine rings is 1. The van der Waals surface area contributed by atoms with Crippen molar-refractivity contribution in [1.82, 2.24) is 4.98 Å². The smallest absolute Gasteiger partial charge is 0.0887 e. The molecule has 15 heavy (non-hydrogen) atoms. The predicted molar refractivity (Wildman–Crippen MR) is 65.7 cm³/mol. The Morgan fingerprint density at radius 2 is 2.20 bits per heavy atom. The topological polar surface area (TPSA) is 22.1 Å². The molecule has 2 nitrogen and oxygen atoms in total. The summed E-state index contributed by atoms with van der Waals surface area (Å²) >= 11 is 3.35. The second-order valence-corrected chi connectivity index (χ2v) is 4.97. The van der Waals surface area contributed by atoms with E-state index < -0.39 is 0 Å². The molecule has 0 radical (unpaired) electrons. The van der Waals surface area contributed by atoms with E-state index in [0.29, 0.717) is 6.61 Å². The maximum Gasteiger partial charge on any atom is 0.0887 e. The summed E-state index contributed by atoms with van der Waals surface area (Å²) in [5, 5.41) is 0. The Morgan fingerprint density at radius 3 is 2.80 bits per heavy atom. The largest absolute Gasteiger partial charge is 0.375 e. The van der Waals surface area contributed by atoms with Gasteiger partial charge in [0.25, 0.3) is 0 Å². The summed E-state index contributed by atoms with van der Waals surface area (Å²) in [5.74, 6) is 0.763. The van der Waals surface area contributed by atoms with E-state index in [-0.39, 0.29) is 0 Å². The van der Waals surface area contributed by atoms with E-state index in [4.69, 9.17) is 4.74 Å². The van der Waals surface area contributed by atoms with Crippen LogP contribution in [0.2, 0.25) is 0 Å². The summed E-state index contributed by atoms with van der Waals surface area (Å²) in [4.78, 5) is 4.24. The number of rotatable bonds is 6. The Morgan fingerprint density at radius 1 is 1.40 bits per heavy atom. The molecule has 1 aromatic rings. The number of nitrogens with zero attached hydrogens (tertiary/aromatic N) is 1. The van der Waals surface area contributed by atoms with Gasteiger partial charge in [-0.05, 0) is 46.8 Å². The Kier molecular flexibility index (Phi) is 5.88. The van der Waals surface area contributed by atoms with Crippen molar-refractivity contribution in [3.8, 4) is 0 Å². The zero-order valence-corrected chi connectivity index (χ0v) is 11.0. The molecular weight excluding hydrogens is 254 g/mol. The molecule has 84 valence electrons. The summed E-state index contributed by atoms with van der Waals surface area (Å²) in [5.41, 5.74) is 0.989. The minimum atomic E-state index is 0.616. The number of aromatic nitrogens is 1. The van der Waals surface area contributed by atoms with Gasteiger partial charge in [0.2, 0.25) is 0 Å². The average molecular weight is 272 g/mol. The lowest BCUT2D eigenvalue weighted by molar-refractivity contribution is 0.112. The van der Waals surface area contributed by atoms with Crippen LogP contribution in [0.4, 0.5) is 0 Å². The highest BCUT2D eigenvalue weighted by atomic mass is 79.9. The molecule has 0 fully saturated rings. The zero-order chi connectivity index (χ0) is 11.1. The third-order valence-electron chi connectivity index (χ3n) is 2.11. The van der Waals surface area contributed by atoms with Crippen LogP contribution in [-0.4, -0.2) is 11.6 Å². The molecule has 3 heteroatoms. The van der Waals surface area contributed by atoms with Gasteiger partial charge in [0.1, 0.15) is 0 Å². The Balaban J connectivity index is 2.12. The first-order valence-corrected chi connectivity index (χ1v) is 6.16. The average Bonchev–Trinajstić information content (AvgIpc) is 2.20. The molecule has 0 spiro atoms. The molecular formula is C12H18BrNO. The molecule has 0 aliphatic carbocycles. The molecule has 0 aliphatic heterocycles. The monoisotopic (exact) mass is 271 g/mol. The standard InChI is InChI=1S/C12H18BrNO/c1-10(2)4-3-7-15-9-12-6-5-11(13)8-14-12/h5-6,8,10H,3-4,7,9H2,1-2H3. The highest BCUT2D eigenvalue weighted by Gasteiger charge is 1.96. The fraction of sp³-hybridized carbons (Fsp3) is 0.583. The summed E-state index contributed by atoms with van der Waals surface area (Å²) in [6.07, 6.45) is 4.16. The van der Waals surface area contributed by atoms with Gasteiger partial charge in [-0.2, -0.15) is 0 Å². The van der Waals surface area contributed by atoms with Crippen molar-refractivity contribution in [2.45, 2.75) is 33.3 Å². The molecule has 0 bridgehead atoms.